The number of hydrogen-bond donors (Lipinski definition) is 0. The van der Waals surface area contributed by atoms with Crippen molar-refractivity contribution in [2.24, 2.45) is 0 Å². The van der Waals surface area contributed by atoms with Crippen LogP contribution in [-0.4, -0.2) is 33.1 Å². The zero-order chi connectivity index (χ0) is 15.0. The minimum absolute atomic E-state index is 0.00707. The van der Waals surface area contributed by atoms with Gasteiger partial charge in [0.05, 0.1) is 20.3 Å². The first-order valence-electron chi connectivity index (χ1n) is 5.96. The molecule has 0 saturated heterocycles. The summed E-state index contributed by atoms with van der Waals surface area (Å²) in [4.78, 5) is 0. The maximum atomic E-state index is 11.8. The van der Waals surface area contributed by atoms with Crippen LogP contribution in [0.5, 0.6) is 11.5 Å². The SMILES string of the molecule is COc1ccc(CBr)c(OCCCOCC(F)(F)F)c1. The number of alkyl halides is 4. The lowest BCUT2D eigenvalue weighted by atomic mass is 10.2. The van der Waals surface area contributed by atoms with Gasteiger partial charge in [-0.1, -0.05) is 22.0 Å². The number of benzene rings is 1. The van der Waals surface area contributed by atoms with Crippen molar-refractivity contribution in [1.29, 1.82) is 0 Å². The Kier molecular flexibility index (Phi) is 7.15. The first-order valence-corrected chi connectivity index (χ1v) is 7.08. The first kappa shape index (κ1) is 17.1. The fourth-order valence-electron chi connectivity index (χ4n) is 1.44. The Bertz CT molecular complexity index is 410. The normalized spacial score (nSPS) is 11.4. The van der Waals surface area contributed by atoms with E-state index in [-0.39, 0.29) is 13.2 Å². The summed E-state index contributed by atoms with van der Waals surface area (Å²) in [6, 6.07) is 5.42. The van der Waals surface area contributed by atoms with Crippen molar-refractivity contribution in [3.63, 3.8) is 0 Å². The Balaban J connectivity index is 2.34. The molecule has 1 aromatic rings. The first-order chi connectivity index (χ1) is 9.46. The second-order valence-corrected chi connectivity index (χ2v) is 4.54. The summed E-state index contributed by atoms with van der Waals surface area (Å²) in [5.41, 5.74) is 0.946. The quantitative estimate of drug-likeness (QED) is 0.521. The van der Waals surface area contributed by atoms with Gasteiger partial charge in [0.2, 0.25) is 0 Å². The topological polar surface area (TPSA) is 27.7 Å². The maximum absolute atomic E-state index is 11.8. The van der Waals surface area contributed by atoms with E-state index in [0.717, 1.165) is 5.56 Å². The number of ether oxygens (including phenoxy) is 3. The summed E-state index contributed by atoms with van der Waals surface area (Å²) < 4.78 is 50.6. The third-order valence-electron chi connectivity index (χ3n) is 2.37. The van der Waals surface area contributed by atoms with Crippen molar-refractivity contribution in [2.75, 3.05) is 26.9 Å². The molecule has 0 atom stereocenters. The van der Waals surface area contributed by atoms with E-state index in [1.54, 1.807) is 13.2 Å². The van der Waals surface area contributed by atoms with Crippen LogP contribution in [0.25, 0.3) is 0 Å². The molecule has 20 heavy (non-hydrogen) atoms. The monoisotopic (exact) mass is 356 g/mol. The third-order valence-corrected chi connectivity index (χ3v) is 2.98. The molecule has 114 valence electrons. The molecule has 0 aliphatic heterocycles. The van der Waals surface area contributed by atoms with Crippen molar-refractivity contribution in [2.45, 2.75) is 17.9 Å². The zero-order valence-corrected chi connectivity index (χ0v) is 12.6. The molecule has 0 N–H and O–H groups in total. The molecule has 0 aromatic heterocycles. The zero-order valence-electron chi connectivity index (χ0n) is 11.0. The molecule has 0 saturated carbocycles. The van der Waals surface area contributed by atoms with Gasteiger partial charge in [-0.3, -0.25) is 0 Å². The Labute approximate surface area is 124 Å². The average Bonchev–Trinajstić information content (AvgIpc) is 2.41. The van der Waals surface area contributed by atoms with Crippen molar-refractivity contribution in [1.82, 2.24) is 0 Å². The lowest BCUT2D eigenvalue weighted by Gasteiger charge is -2.12. The van der Waals surface area contributed by atoms with Gasteiger partial charge in [0.15, 0.2) is 0 Å². The van der Waals surface area contributed by atoms with Crippen LogP contribution in [0, 0.1) is 0 Å². The third kappa shape index (κ3) is 6.47. The Morgan fingerprint density at radius 3 is 2.55 bits per heavy atom. The molecule has 0 unspecified atom stereocenters. The summed E-state index contributed by atoms with van der Waals surface area (Å²) in [6.45, 7) is -0.934. The highest BCUT2D eigenvalue weighted by Gasteiger charge is 2.27. The van der Waals surface area contributed by atoms with E-state index in [1.807, 2.05) is 12.1 Å². The van der Waals surface area contributed by atoms with Crippen LogP contribution < -0.4 is 9.47 Å². The summed E-state index contributed by atoms with van der Waals surface area (Å²) in [5.74, 6) is 1.31. The minimum Gasteiger partial charge on any atom is -0.497 e. The minimum atomic E-state index is -4.28. The van der Waals surface area contributed by atoms with Crippen LogP contribution in [0.15, 0.2) is 18.2 Å². The fourth-order valence-corrected chi connectivity index (χ4v) is 1.90. The van der Waals surface area contributed by atoms with Gasteiger partial charge in [-0.25, -0.2) is 0 Å². The van der Waals surface area contributed by atoms with Crippen molar-refractivity contribution in [3.05, 3.63) is 23.8 Å². The molecule has 0 bridgehead atoms. The lowest BCUT2D eigenvalue weighted by Crippen LogP contribution is -2.18. The van der Waals surface area contributed by atoms with Crippen LogP contribution in [-0.2, 0) is 10.1 Å². The summed E-state index contributed by atoms with van der Waals surface area (Å²) in [6.07, 6.45) is -3.90. The lowest BCUT2D eigenvalue weighted by molar-refractivity contribution is -0.174. The van der Waals surface area contributed by atoms with E-state index in [2.05, 4.69) is 20.7 Å². The molecule has 0 amide bonds. The highest BCUT2D eigenvalue weighted by Crippen LogP contribution is 2.26. The summed E-state index contributed by atoms with van der Waals surface area (Å²) >= 11 is 3.34. The van der Waals surface area contributed by atoms with Crippen LogP contribution in [0.3, 0.4) is 0 Å². The second kappa shape index (κ2) is 8.36. The Morgan fingerprint density at radius 1 is 1.20 bits per heavy atom. The highest BCUT2D eigenvalue weighted by atomic mass is 79.9. The van der Waals surface area contributed by atoms with Gasteiger partial charge in [-0.05, 0) is 6.07 Å². The molecule has 7 heteroatoms. The molecule has 3 nitrogen and oxygen atoms in total. The molecular weight excluding hydrogens is 341 g/mol. The largest absolute Gasteiger partial charge is 0.497 e. The van der Waals surface area contributed by atoms with Gasteiger partial charge in [-0.15, -0.1) is 0 Å². The van der Waals surface area contributed by atoms with Gasteiger partial charge < -0.3 is 14.2 Å². The predicted molar refractivity (Wildman–Crippen MR) is 72.6 cm³/mol. The number of hydrogen-bond acceptors (Lipinski definition) is 3. The second-order valence-electron chi connectivity index (χ2n) is 3.98. The summed E-state index contributed by atoms with van der Waals surface area (Å²) in [7, 11) is 1.55. The fraction of sp³-hybridized carbons (Fsp3) is 0.538. The van der Waals surface area contributed by atoms with Gasteiger partial charge >= 0.3 is 6.18 Å². The van der Waals surface area contributed by atoms with E-state index < -0.39 is 12.8 Å². The molecule has 0 heterocycles. The van der Waals surface area contributed by atoms with Crippen LogP contribution in [0.4, 0.5) is 13.2 Å². The standard InChI is InChI=1S/C13H16BrF3O3/c1-18-11-4-3-10(8-14)12(7-11)20-6-2-5-19-9-13(15,16)17/h3-4,7H,2,5-6,8-9H2,1H3. The number of rotatable bonds is 8. The van der Waals surface area contributed by atoms with E-state index in [9.17, 15) is 13.2 Å². The maximum Gasteiger partial charge on any atom is 0.411 e. The van der Waals surface area contributed by atoms with E-state index in [0.29, 0.717) is 23.2 Å². The van der Waals surface area contributed by atoms with Gasteiger partial charge in [0.1, 0.15) is 18.1 Å². The Morgan fingerprint density at radius 2 is 1.95 bits per heavy atom. The molecule has 1 rings (SSSR count). The molecule has 0 radical (unpaired) electrons. The predicted octanol–water partition coefficient (Wildman–Crippen LogP) is 3.94. The van der Waals surface area contributed by atoms with Crippen molar-refractivity contribution in [3.8, 4) is 11.5 Å². The average molecular weight is 357 g/mol. The molecule has 0 aliphatic carbocycles. The van der Waals surface area contributed by atoms with E-state index >= 15 is 0 Å². The van der Waals surface area contributed by atoms with Crippen LogP contribution in [0.2, 0.25) is 0 Å². The van der Waals surface area contributed by atoms with Gasteiger partial charge in [-0.2, -0.15) is 13.2 Å². The van der Waals surface area contributed by atoms with Gasteiger partial charge in [0, 0.05) is 23.4 Å². The molecule has 0 aliphatic rings. The van der Waals surface area contributed by atoms with Crippen LogP contribution >= 0.6 is 15.9 Å². The molecule has 1 aromatic carbocycles. The van der Waals surface area contributed by atoms with E-state index in [4.69, 9.17) is 9.47 Å². The van der Waals surface area contributed by atoms with Gasteiger partial charge in [0.25, 0.3) is 0 Å². The molecule has 0 fully saturated rings. The molecular formula is C13H16BrF3O3. The van der Waals surface area contributed by atoms with Crippen LogP contribution in [0.1, 0.15) is 12.0 Å². The number of methoxy groups -OCH3 is 1. The number of halogens is 4. The van der Waals surface area contributed by atoms with E-state index in [1.165, 1.54) is 0 Å². The van der Waals surface area contributed by atoms with Crippen molar-refractivity contribution >= 4 is 15.9 Å². The smallest absolute Gasteiger partial charge is 0.411 e. The van der Waals surface area contributed by atoms with Crippen molar-refractivity contribution < 1.29 is 27.4 Å². The highest BCUT2D eigenvalue weighted by molar-refractivity contribution is 9.08. The summed E-state index contributed by atoms with van der Waals surface area (Å²) in [5, 5.41) is 0.622. The molecule has 0 spiro atoms. The Hall–Kier alpha value is -0.950.